The molecule has 0 spiro atoms. The summed E-state index contributed by atoms with van der Waals surface area (Å²) in [6.45, 7) is 0. The summed E-state index contributed by atoms with van der Waals surface area (Å²) in [5, 5.41) is 12.1. The summed E-state index contributed by atoms with van der Waals surface area (Å²) in [7, 11) is 0. The molecule has 0 saturated carbocycles. The van der Waals surface area contributed by atoms with E-state index in [9.17, 15) is 0 Å². The Hall–Kier alpha value is -7.82. The predicted octanol–water partition coefficient (Wildman–Crippen LogP) is 13.8. The van der Waals surface area contributed by atoms with Gasteiger partial charge in [-0.05, 0) is 92.0 Å². The maximum absolute atomic E-state index is 5.05. The first-order chi connectivity index (χ1) is 28.8. The minimum absolute atomic E-state index is 0.840. The van der Waals surface area contributed by atoms with Crippen molar-refractivity contribution in [3.8, 4) is 89.3 Å². The second-order valence-corrected chi connectivity index (χ2v) is 14.3. The molecule has 7 aromatic carbocycles. The highest BCUT2D eigenvalue weighted by molar-refractivity contribution is 6.04. The predicted molar refractivity (Wildman–Crippen MR) is 239 cm³/mol. The molecule has 4 heteroatoms. The number of benzene rings is 7. The van der Waals surface area contributed by atoms with Crippen LogP contribution in [-0.4, -0.2) is 20.2 Å². The molecule has 0 atom stereocenters. The van der Waals surface area contributed by atoms with Crippen LogP contribution in [0.4, 0.5) is 0 Å². The molecule has 0 aliphatic carbocycles. The molecular weight excluding hydrogens is 705 g/mol. The minimum atomic E-state index is 0.840. The molecule has 10 rings (SSSR count). The molecule has 4 nitrogen and oxygen atoms in total. The SMILES string of the molecule is c1ccc(-c2cccc(-c3nnc(-c4ccccc4-c4cc(-c5ccccc5-c5cccnc5)cc(-c5ccccc5-c5cccnc5)c4)c4ccccc34)c2)cc1. The van der Waals surface area contributed by atoms with Crippen molar-refractivity contribution in [1.82, 2.24) is 20.2 Å². The Morgan fingerprint density at radius 3 is 1.16 bits per heavy atom. The second-order valence-electron chi connectivity index (χ2n) is 14.3. The van der Waals surface area contributed by atoms with E-state index in [0.717, 1.165) is 94.5 Å². The van der Waals surface area contributed by atoms with E-state index in [1.54, 1.807) is 0 Å². The van der Waals surface area contributed by atoms with Gasteiger partial charge in [0.25, 0.3) is 0 Å². The fourth-order valence-electron chi connectivity index (χ4n) is 8.05. The van der Waals surface area contributed by atoms with Crippen LogP contribution < -0.4 is 0 Å². The monoisotopic (exact) mass is 740 g/mol. The number of rotatable bonds is 8. The lowest BCUT2D eigenvalue weighted by atomic mass is 9.86. The molecule has 3 heterocycles. The van der Waals surface area contributed by atoms with Gasteiger partial charge in [0.1, 0.15) is 11.4 Å². The van der Waals surface area contributed by atoms with Crippen LogP contribution in [-0.2, 0) is 0 Å². The zero-order chi connectivity index (χ0) is 38.7. The quantitative estimate of drug-likeness (QED) is 0.156. The summed E-state index contributed by atoms with van der Waals surface area (Å²) < 4.78 is 0. The van der Waals surface area contributed by atoms with E-state index >= 15 is 0 Å². The van der Waals surface area contributed by atoms with Crippen LogP contribution in [0, 0.1) is 0 Å². The Balaban J connectivity index is 1.17. The summed E-state index contributed by atoms with van der Waals surface area (Å²) >= 11 is 0. The fourth-order valence-corrected chi connectivity index (χ4v) is 8.05. The van der Waals surface area contributed by atoms with Crippen LogP contribution in [0.5, 0.6) is 0 Å². The van der Waals surface area contributed by atoms with E-state index in [2.05, 4.69) is 186 Å². The molecule has 10 aromatic rings. The summed E-state index contributed by atoms with van der Waals surface area (Å²) in [4.78, 5) is 8.93. The third kappa shape index (κ3) is 6.63. The highest BCUT2D eigenvalue weighted by Gasteiger charge is 2.19. The van der Waals surface area contributed by atoms with Gasteiger partial charge in [0.15, 0.2) is 0 Å². The third-order valence-electron chi connectivity index (χ3n) is 10.8. The molecule has 0 N–H and O–H groups in total. The summed E-state index contributed by atoms with van der Waals surface area (Å²) in [5.74, 6) is 0. The van der Waals surface area contributed by atoms with Gasteiger partial charge in [-0.3, -0.25) is 9.97 Å². The van der Waals surface area contributed by atoms with Gasteiger partial charge < -0.3 is 0 Å². The number of nitrogens with zero attached hydrogens (tertiary/aromatic N) is 4. The van der Waals surface area contributed by atoms with Crippen LogP contribution in [0.1, 0.15) is 0 Å². The van der Waals surface area contributed by atoms with Crippen molar-refractivity contribution in [2.45, 2.75) is 0 Å². The van der Waals surface area contributed by atoms with Crippen molar-refractivity contribution < 1.29 is 0 Å². The lowest BCUT2D eigenvalue weighted by Crippen LogP contribution is -1.97. The number of fused-ring (bicyclic) bond motifs is 1. The van der Waals surface area contributed by atoms with Crippen molar-refractivity contribution in [3.63, 3.8) is 0 Å². The van der Waals surface area contributed by atoms with Gasteiger partial charge in [0.05, 0.1) is 0 Å². The molecule has 0 aliphatic rings. The summed E-state index contributed by atoms with van der Waals surface area (Å²) in [6, 6.07) is 68.4. The molecular formula is C54H36N4. The fraction of sp³-hybridized carbons (Fsp3) is 0. The van der Waals surface area contributed by atoms with Crippen LogP contribution >= 0.6 is 0 Å². The average molecular weight is 741 g/mol. The molecule has 0 saturated heterocycles. The zero-order valence-corrected chi connectivity index (χ0v) is 31.6. The van der Waals surface area contributed by atoms with Gasteiger partial charge in [0, 0.05) is 57.8 Å². The third-order valence-corrected chi connectivity index (χ3v) is 10.8. The van der Waals surface area contributed by atoms with Gasteiger partial charge in [-0.2, -0.15) is 0 Å². The lowest BCUT2D eigenvalue weighted by molar-refractivity contribution is 1.06. The van der Waals surface area contributed by atoms with Gasteiger partial charge in [-0.1, -0.05) is 158 Å². The number of hydrogen-bond donors (Lipinski definition) is 0. The van der Waals surface area contributed by atoms with Crippen molar-refractivity contribution >= 4 is 10.8 Å². The highest BCUT2D eigenvalue weighted by atomic mass is 15.1. The van der Waals surface area contributed by atoms with Crippen LogP contribution in [0.2, 0.25) is 0 Å². The first-order valence-corrected chi connectivity index (χ1v) is 19.4. The van der Waals surface area contributed by atoms with Crippen molar-refractivity contribution in [3.05, 3.63) is 219 Å². The molecule has 3 aromatic heterocycles. The molecule has 0 fully saturated rings. The van der Waals surface area contributed by atoms with Gasteiger partial charge in [-0.15, -0.1) is 10.2 Å². The molecule has 0 amide bonds. The van der Waals surface area contributed by atoms with E-state index in [4.69, 9.17) is 10.2 Å². The van der Waals surface area contributed by atoms with E-state index in [0.29, 0.717) is 0 Å². The van der Waals surface area contributed by atoms with Crippen molar-refractivity contribution in [1.29, 1.82) is 0 Å². The second kappa shape index (κ2) is 15.4. The van der Waals surface area contributed by atoms with Crippen LogP contribution in [0.3, 0.4) is 0 Å². The van der Waals surface area contributed by atoms with Crippen LogP contribution in [0.15, 0.2) is 219 Å². The van der Waals surface area contributed by atoms with Crippen molar-refractivity contribution in [2.75, 3.05) is 0 Å². The van der Waals surface area contributed by atoms with E-state index < -0.39 is 0 Å². The molecule has 0 bridgehead atoms. The van der Waals surface area contributed by atoms with Crippen molar-refractivity contribution in [2.24, 2.45) is 0 Å². The van der Waals surface area contributed by atoms with E-state index in [-0.39, 0.29) is 0 Å². The Labute approximate surface area is 337 Å². The number of aromatic nitrogens is 4. The van der Waals surface area contributed by atoms with Crippen LogP contribution in [0.25, 0.3) is 100 Å². The average Bonchev–Trinajstić information content (AvgIpc) is 3.32. The lowest BCUT2D eigenvalue weighted by Gasteiger charge is -2.18. The highest BCUT2D eigenvalue weighted by Crippen LogP contribution is 2.43. The normalized spacial score (nSPS) is 11.1. The smallest absolute Gasteiger partial charge is 0.101 e. The topological polar surface area (TPSA) is 51.6 Å². The van der Waals surface area contributed by atoms with Gasteiger partial charge in [0.2, 0.25) is 0 Å². The first kappa shape index (κ1) is 34.7. The Bertz CT molecular complexity index is 2950. The van der Waals surface area contributed by atoms with Gasteiger partial charge in [-0.25, -0.2) is 0 Å². The number of pyridine rings is 2. The van der Waals surface area contributed by atoms with Gasteiger partial charge >= 0.3 is 0 Å². The molecule has 0 unspecified atom stereocenters. The Morgan fingerprint density at radius 1 is 0.241 bits per heavy atom. The summed E-state index contributed by atoms with van der Waals surface area (Å²) in [5.41, 5.74) is 17.0. The van der Waals surface area contributed by atoms with E-state index in [1.165, 1.54) is 5.56 Å². The van der Waals surface area contributed by atoms with E-state index in [1.807, 2.05) is 43.0 Å². The summed E-state index contributed by atoms with van der Waals surface area (Å²) in [6.07, 6.45) is 7.50. The first-order valence-electron chi connectivity index (χ1n) is 19.4. The molecule has 0 aliphatic heterocycles. The maximum Gasteiger partial charge on any atom is 0.101 e. The largest absolute Gasteiger partial charge is 0.264 e. The maximum atomic E-state index is 5.05. The zero-order valence-electron chi connectivity index (χ0n) is 31.6. The molecule has 0 radical (unpaired) electrons. The standard InChI is InChI=1S/C54H36N4/c1-2-15-37(16-3-1)38-17-12-18-39(31-38)53-51-27-10-11-28-52(51)54(58-57-53)50-26-9-8-25-49(50)44-33-42(47-23-6-4-21-45(47)40-19-13-29-55-35-40)32-43(34-44)48-24-7-5-22-46(48)41-20-14-30-56-36-41/h1-36H. The Morgan fingerprint density at radius 2 is 0.621 bits per heavy atom. The Kier molecular flexibility index (Phi) is 9.18. The minimum Gasteiger partial charge on any atom is -0.264 e. The molecule has 272 valence electrons. The molecule has 58 heavy (non-hydrogen) atoms. The number of hydrogen-bond acceptors (Lipinski definition) is 4.